The Kier molecular flexibility index (Phi) is 7.71. The van der Waals surface area contributed by atoms with Gasteiger partial charge in [0.05, 0.1) is 25.1 Å². The molecule has 0 saturated heterocycles. The predicted molar refractivity (Wildman–Crippen MR) is 117 cm³/mol. The second-order valence-electron chi connectivity index (χ2n) is 5.90. The normalized spacial score (nSPS) is 10.5. The Morgan fingerprint density at radius 3 is 2.76 bits per heavy atom. The molecule has 7 nitrogen and oxygen atoms in total. The van der Waals surface area contributed by atoms with Crippen LogP contribution in [0.15, 0.2) is 71.2 Å². The van der Waals surface area contributed by atoms with Crippen LogP contribution in [0.5, 0.6) is 5.75 Å². The van der Waals surface area contributed by atoms with Crippen molar-refractivity contribution < 1.29 is 9.53 Å². The van der Waals surface area contributed by atoms with E-state index in [1.165, 1.54) is 11.8 Å². The molecule has 0 spiro atoms. The zero-order valence-electron chi connectivity index (χ0n) is 15.9. The summed E-state index contributed by atoms with van der Waals surface area (Å²) in [5.41, 5.74) is 1.83. The molecule has 1 aromatic heterocycles. The van der Waals surface area contributed by atoms with E-state index in [9.17, 15) is 4.79 Å². The van der Waals surface area contributed by atoms with Crippen molar-refractivity contribution in [3.05, 3.63) is 66.7 Å². The standard InChI is InChI=1S/C20H21N5O2S2/c1-3-12-28-18-7-5-4-6-17(18)21-19(26)14-29-20-22-23-24-25(20)13-15-8-10-16(27-2)11-9-15/h3-11H,1,12-14H2,2H3,(H,21,26). The van der Waals surface area contributed by atoms with Crippen molar-refractivity contribution in [1.29, 1.82) is 0 Å². The number of carbonyl (C=O) groups is 1. The zero-order chi connectivity index (χ0) is 20.5. The fourth-order valence-electron chi connectivity index (χ4n) is 2.46. The van der Waals surface area contributed by atoms with Gasteiger partial charge in [0.15, 0.2) is 0 Å². The third-order valence-corrected chi connectivity index (χ3v) is 5.87. The SMILES string of the molecule is C=CCSc1ccccc1NC(=O)CSc1nnnn1Cc1ccc(OC)cc1. The molecule has 9 heteroatoms. The summed E-state index contributed by atoms with van der Waals surface area (Å²) in [4.78, 5) is 13.4. The molecule has 3 aromatic rings. The van der Waals surface area contributed by atoms with Gasteiger partial charge in [0.2, 0.25) is 11.1 Å². The zero-order valence-corrected chi connectivity index (χ0v) is 17.6. The first-order chi connectivity index (χ1) is 14.2. The summed E-state index contributed by atoms with van der Waals surface area (Å²) in [6.45, 7) is 4.25. The molecule has 0 atom stereocenters. The van der Waals surface area contributed by atoms with Crippen molar-refractivity contribution >= 4 is 35.1 Å². The topological polar surface area (TPSA) is 81.9 Å². The fraction of sp³-hybridized carbons (Fsp3) is 0.200. The molecule has 0 fully saturated rings. The highest BCUT2D eigenvalue weighted by atomic mass is 32.2. The first-order valence-electron chi connectivity index (χ1n) is 8.84. The van der Waals surface area contributed by atoms with Crippen LogP contribution in [0.25, 0.3) is 0 Å². The molecule has 1 heterocycles. The number of methoxy groups -OCH3 is 1. The summed E-state index contributed by atoms with van der Waals surface area (Å²) in [6.07, 6.45) is 1.84. The van der Waals surface area contributed by atoms with Crippen LogP contribution in [0.3, 0.4) is 0 Å². The Labute approximate surface area is 177 Å². The minimum absolute atomic E-state index is 0.111. The van der Waals surface area contributed by atoms with Gasteiger partial charge in [0.25, 0.3) is 0 Å². The number of benzene rings is 2. The molecule has 150 valence electrons. The van der Waals surface area contributed by atoms with Crippen molar-refractivity contribution in [2.24, 2.45) is 0 Å². The van der Waals surface area contributed by atoms with Crippen molar-refractivity contribution in [2.45, 2.75) is 16.6 Å². The molecular weight excluding hydrogens is 406 g/mol. The highest BCUT2D eigenvalue weighted by Gasteiger charge is 2.12. The molecule has 29 heavy (non-hydrogen) atoms. The molecule has 0 aliphatic heterocycles. The minimum Gasteiger partial charge on any atom is -0.497 e. The Bertz CT molecular complexity index is 960. The maximum Gasteiger partial charge on any atom is 0.234 e. The summed E-state index contributed by atoms with van der Waals surface area (Å²) >= 11 is 2.92. The third kappa shape index (κ3) is 6.10. The maximum absolute atomic E-state index is 12.4. The molecule has 1 N–H and O–H groups in total. The number of rotatable bonds is 10. The van der Waals surface area contributed by atoms with Crippen LogP contribution in [-0.2, 0) is 11.3 Å². The molecular formula is C20H21N5O2S2. The van der Waals surface area contributed by atoms with Crippen LogP contribution >= 0.6 is 23.5 Å². The Balaban J connectivity index is 1.57. The molecule has 0 unspecified atom stereocenters. The number of thioether (sulfide) groups is 2. The van der Waals surface area contributed by atoms with E-state index in [4.69, 9.17) is 4.74 Å². The lowest BCUT2D eigenvalue weighted by Crippen LogP contribution is -2.15. The number of hydrogen-bond donors (Lipinski definition) is 1. The molecule has 1 amide bonds. The number of amides is 1. The third-order valence-electron chi connectivity index (χ3n) is 3.84. The maximum atomic E-state index is 12.4. The highest BCUT2D eigenvalue weighted by molar-refractivity contribution is 8.00. The highest BCUT2D eigenvalue weighted by Crippen LogP contribution is 2.27. The van der Waals surface area contributed by atoms with Crippen LogP contribution in [0.4, 0.5) is 5.69 Å². The average Bonchev–Trinajstić information content (AvgIpc) is 3.19. The van der Waals surface area contributed by atoms with E-state index in [1.807, 2.05) is 54.6 Å². The lowest BCUT2D eigenvalue weighted by atomic mass is 10.2. The Morgan fingerprint density at radius 2 is 2.00 bits per heavy atom. The summed E-state index contributed by atoms with van der Waals surface area (Å²) in [5.74, 6) is 1.68. The van der Waals surface area contributed by atoms with Crippen molar-refractivity contribution in [3.8, 4) is 5.75 Å². The van der Waals surface area contributed by atoms with E-state index in [2.05, 4.69) is 27.4 Å². The van der Waals surface area contributed by atoms with E-state index in [0.717, 1.165) is 27.6 Å². The summed E-state index contributed by atoms with van der Waals surface area (Å²) in [7, 11) is 1.63. The van der Waals surface area contributed by atoms with Crippen molar-refractivity contribution in [2.75, 3.05) is 23.9 Å². The molecule has 2 aromatic carbocycles. The van der Waals surface area contributed by atoms with Gasteiger partial charge in [-0.25, -0.2) is 4.68 Å². The smallest absolute Gasteiger partial charge is 0.234 e. The van der Waals surface area contributed by atoms with E-state index < -0.39 is 0 Å². The first kappa shape index (κ1) is 20.9. The van der Waals surface area contributed by atoms with Crippen LogP contribution in [0.2, 0.25) is 0 Å². The van der Waals surface area contributed by atoms with E-state index in [1.54, 1.807) is 23.6 Å². The first-order valence-corrected chi connectivity index (χ1v) is 10.8. The predicted octanol–water partition coefficient (Wildman–Crippen LogP) is 3.74. The van der Waals surface area contributed by atoms with Gasteiger partial charge in [-0.15, -0.1) is 23.4 Å². The lowest BCUT2D eigenvalue weighted by Gasteiger charge is -2.10. The van der Waals surface area contributed by atoms with Crippen LogP contribution in [0.1, 0.15) is 5.56 Å². The number of aromatic nitrogens is 4. The van der Waals surface area contributed by atoms with Gasteiger partial charge in [0, 0.05) is 10.6 Å². The number of tetrazole rings is 1. The van der Waals surface area contributed by atoms with Gasteiger partial charge in [-0.1, -0.05) is 42.1 Å². The molecule has 3 rings (SSSR count). The number of carbonyl (C=O) groups excluding carboxylic acids is 1. The van der Waals surface area contributed by atoms with Gasteiger partial charge < -0.3 is 10.1 Å². The largest absolute Gasteiger partial charge is 0.497 e. The number of nitrogens with one attached hydrogen (secondary N) is 1. The van der Waals surface area contributed by atoms with Gasteiger partial charge in [-0.05, 0) is 40.3 Å². The van der Waals surface area contributed by atoms with Gasteiger partial charge in [0.1, 0.15) is 5.75 Å². The summed E-state index contributed by atoms with van der Waals surface area (Å²) in [5, 5.41) is 15.3. The minimum atomic E-state index is -0.111. The number of para-hydroxylation sites is 1. The number of nitrogens with zero attached hydrogens (tertiary/aromatic N) is 4. The van der Waals surface area contributed by atoms with E-state index >= 15 is 0 Å². The second kappa shape index (κ2) is 10.7. The molecule has 0 aliphatic carbocycles. The van der Waals surface area contributed by atoms with E-state index in [0.29, 0.717) is 11.7 Å². The van der Waals surface area contributed by atoms with E-state index in [-0.39, 0.29) is 11.7 Å². The summed E-state index contributed by atoms with van der Waals surface area (Å²) in [6, 6.07) is 15.4. The van der Waals surface area contributed by atoms with Gasteiger partial charge in [-0.3, -0.25) is 4.79 Å². The van der Waals surface area contributed by atoms with Gasteiger partial charge >= 0.3 is 0 Å². The molecule has 0 aliphatic rings. The van der Waals surface area contributed by atoms with Crippen LogP contribution in [0, 0.1) is 0 Å². The lowest BCUT2D eigenvalue weighted by molar-refractivity contribution is -0.113. The second-order valence-corrected chi connectivity index (χ2v) is 7.90. The number of ether oxygens (including phenoxy) is 1. The fourth-order valence-corrected chi connectivity index (χ4v) is 3.89. The van der Waals surface area contributed by atoms with Crippen molar-refractivity contribution in [1.82, 2.24) is 20.2 Å². The molecule has 0 radical (unpaired) electrons. The van der Waals surface area contributed by atoms with Gasteiger partial charge in [-0.2, -0.15) is 0 Å². The average molecular weight is 428 g/mol. The van der Waals surface area contributed by atoms with Crippen LogP contribution in [-0.4, -0.2) is 44.7 Å². The molecule has 0 bridgehead atoms. The molecule has 0 saturated carbocycles. The summed E-state index contributed by atoms with van der Waals surface area (Å²) < 4.78 is 6.84. The Hall–Kier alpha value is -2.78. The number of hydrogen-bond acceptors (Lipinski definition) is 7. The van der Waals surface area contributed by atoms with Crippen LogP contribution < -0.4 is 10.1 Å². The number of anilines is 1. The monoisotopic (exact) mass is 427 g/mol. The van der Waals surface area contributed by atoms with Crippen molar-refractivity contribution in [3.63, 3.8) is 0 Å². The quantitative estimate of drug-likeness (QED) is 0.390. The Morgan fingerprint density at radius 1 is 1.21 bits per heavy atom.